The van der Waals surface area contributed by atoms with E-state index in [-0.39, 0.29) is 0 Å². The van der Waals surface area contributed by atoms with E-state index in [1.165, 1.54) is 0 Å². The molecule has 2 aliphatic rings. The molecule has 2 aromatic carbocycles. The predicted octanol–water partition coefficient (Wildman–Crippen LogP) is 0.727. The number of hydrogen-bond donors (Lipinski definition) is 4. The summed E-state index contributed by atoms with van der Waals surface area (Å²) in [5.74, 6) is 6.43. The van der Waals surface area contributed by atoms with Crippen LogP contribution in [0.1, 0.15) is 33.4 Å². The van der Waals surface area contributed by atoms with Crippen LogP contribution in [0.3, 0.4) is 0 Å². The number of hydrogen-bond acceptors (Lipinski definition) is 4. The number of benzene rings is 2. The molecule has 4 N–H and O–H groups in total. The van der Waals surface area contributed by atoms with Crippen molar-refractivity contribution in [3.8, 4) is 11.8 Å². The van der Waals surface area contributed by atoms with E-state index >= 15 is 0 Å². The van der Waals surface area contributed by atoms with Crippen LogP contribution in [0.2, 0.25) is 0 Å². The highest BCUT2D eigenvalue weighted by molar-refractivity contribution is 5.54. The van der Waals surface area contributed by atoms with Gasteiger partial charge < -0.3 is 20.4 Å². The highest BCUT2D eigenvalue weighted by atomic mass is 16.3. The largest absolute Gasteiger partial charge is 0.390 e. The topological polar surface area (TPSA) is 80.9 Å². The molecule has 0 aromatic heterocycles. The Kier molecular flexibility index (Phi) is 4.56. The van der Waals surface area contributed by atoms with Gasteiger partial charge in [0.1, 0.15) is 0 Å². The monoisotopic (exact) mass is 350 g/mol. The van der Waals surface area contributed by atoms with E-state index < -0.39 is 24.4 Å². The van der Waals surface area contributed by atoms with Crippen LogP contribution >= 0.6 is 0 Å². The molecule has 134 valence electrons. The van der Waals surface area contributed by atoms with Crippen LogP contribution in [-0.2, 0) is 25.7 Å². The van der Waals surface area contributed by atoms with E-state index in [1.54, 1.807) is 0 Å². The molecule has 0 saturated carbocycles. The third kappa shape index (κ3) is 3.15. The molecule has 4 atom stereocenters. The summed E-state index contributed by atoms with van der Waals surface area (Å²) in [6.07, 6.45) is -1.27. The van der Waals surface area contributed by atoms with Crippen LogP contribution in [0.15, 0.2) is 36.4 Å². The molecule has 0 bridgehead atoms. The molecule has 4 nitrogen and oxygen atoms in total. The fourth-order valence-corrected chi connectivity index (χ4v) is 3.92. The minimum atomic E-state index is -0.758. The maximum Gasteiger partial charge on any atom is 0.0843 e. The van der Waals surface area contributed by atoms with Crippen molar-refractivity contribution in [1.82, 2.24) is 0 Å². The van der Waals surface area contributed by atoms with E-state index in [4.69, 9.17) is 0 Å². The van der Waals surface area contributed by atoms with Crippen LogP contribution in [-0.4, -0.2) is 44.8 Å². The third-order valence-corrected chi connectivity index (χ3v) is 5.45. The smallest absolute Gasteiger partial charge is 0.0843 e. The fourth-order valence-electron chi connectivity index (χ4n) is 3.92. The second-order valence-electron chi connectivity index (χ2n) is 7.22. The van der Waals surface area contributed by atoms with Crippen molar-refractivity contribution in [2.75, 3.05) is 0 Å². The molecule has 0 unspecified atom stereocenters. The first kappa shape index (κ1) is 17.3. The summed E-state index contributed by atoms with van der Waals surface area (Å²) in [6.45, 7) is 0. The lowest BCUT2D eigenvalue weighted by Crippen LogP contribution is -2.35. The van der Waals surface area contributed by atoms with Gasteiger partial charge >= 0.3 is 0 Å². The minimum Gasteiger partial charge on any atom is -0.390 e. The van der Waals surface area contributed by atoms with Crippen molar-refractivity contribution in [2.24, 2.45) is 0 Å². The van der Waals surface area contributed by atoms with E-state index in [0.29, 0.717) is 25.7 Å². The maximum absolute atomic E-state index is 10.00. The summed E-state index contributed by atoms with van der Waals surface area (Å²) in [6, 6.07) is 11.7. The highest BCUT2D eigenvalue weighted by Gasteiger charge is 2.27. The molecular weight excluding hydrogens is 328 g/mol. The number of aliphatic hydroxyl groups is 4. The Morgan fingerprint density at radius 1 is 0.577 bits per heavy atom. The molecule has 2 aliphatic carbocycles. The van der Waals surface area contributed by atoms with Gasteiger partial charge in [-0.2, -0.15) is 0 Å². The lowest BCUT2D eigenvalue weighted by atomic mass is 9.84. The molecule has 4 rings (SSSR count). The first-order valence-corrected chi connectivity index (χ1v) is 8.98. The summed E-state index contributed by atoms with van der Waals surface area (Å²) < 4.78 is 0. The molecule has 0 amide bonds. The average molecular weight is 350 g/mol. The molecule has 2 aromatic rings. The Hall–Kier alpha value is -2.16. The quantitative estimate of drug-likeness (QED) is 0.528. The van der Waals surface area contributed by atoms with E-state index in [9.17, 15) is 20.4 Å². The van der Waals surface area contributed by atoms with Crippen molar-refractivity contribution >= 4 is 0 Å². The summed E-state index contributed by atoms with van der Waals surface area (Å²) in [4.78, 5) is 0. The van der Waals surface area contributed by atoms with Gasteiger partial charge in [-0.05, 0) is 34.4 Å². The van der Waals surface area contributed by atoms with Crippen LogP contribution < -0.4 is 0 Å². The summed E-state index contributed by atoms with van der Waals surface area (Å²) in [5, 5.41) is 39.7. The van der Waals surface area contributed by atoms with Gasteiger partial charge in [-0.15, -0.1) is 0 Å². The molecular formula is C22H22O4. The van der Waals surface area contributed by atoms with Crippen molar-refractivity contribution < 1.29 is 20.4 Å². The lowest BCUT2D eigenvalue weighted by Gasteiger charge is -2.27. The maximum atomic E-state index is 10.00. The van der Waals surface area contributed by atoms with Gasteiger partial charge in [-0.1, -0.05) is 36.1 Å². The first-order valence-electron chi connectivity index (χ1n) is 8.98. The summed E-state index contributed by atoms with van der Waals surface area (Å²) >= 11 is 0. The standard InChI is InChI=1S/C22H22O4/c23-19-9-15-5-1-3-13(17(15)11-21(19)25)7-8-14-4-2-6-16-10-20(24)22(26)12-18(14)16/h1-6,19-26H,9-12H2/t19-,20-,21+,22+/m1/s1. The summed E-state index contributed by atoms with van der Waals surface area (Å²) in [5.41, 5.74) is 5.78. The van der Waals surface area contributed by atoms with Gasteiger partial charge in [0.05, 0.1) is 24.4 Å². The Morgan fingerprint density at radius 2 is 0.962 bits per heavy atom. The molecule has 4 heteroatoms. The first-order chi connectivity index (χ1) is 12.5. The molecule has 26 heavy (non-hydrogen) atoms. The molecule has 0 saturated heterocycles. The van der Waals surface area contributed by atoms with Crippen LogP contribution in [0.4, 0.5) is 0 Å². The van der Waals surface area contributed by atoms with Gasteiger partial charge in [0.25, 0.3) is 0 Å². The zero-order valence-corrected chi connectivity index (χ0v) is 14.4. The number of aliphatic hydroxyl groups excluding tert-OH is 4. The van der Waals surface area contributed by atoms with Crippen LogP contribution in [0, 0.1) is 11.8 Å². The minimum absolute atomic E-state index is 0.402. The molecule has 0 spiro atoms. The van der Waals surface area contributed by atoms with Gasteiger partial charge in [0, 0.05) is 36.8 Å². The SMILES string of the molecule is O[C@@H]1Cc2cccc(C#Cc3cccc4c3C[C@H](O)[C@H](O)C4)c2C[C@@H]1O. The second-order valence-corrected chi connectivity index (χ2v) is 7.22. The normalized spacial score (nSPS) is 27.1. The number of rotatable bonds is 0. The van der Waals surface area contributed by atoms with Crippen molar-refractivity contribution in [3.05, 3.63) is 69.8 Å². The zero-order valence-electron chi connectivity index (χ0n) is 14.4. The third-order valence-electron chi connectivity index (χ3n) is 5.45. The van der Waals surface area contributed by atoms with Crippen molar-refractivity contribution in [1.29, 1.82) is 0 Å². The summed E-state index contributed by atoms with van der Waals surface area (Å²) in [7, 11) is 0. The van der Waals surface area contributed by atoms with Crippen molar-refractivity contribution in [2.45, 2.75) is 50.1 Å². The van der Waals surface area contributed by atoms with E-state index in [2.05, 4.69) is 11.8 Å². The number of fused-ring (bicyclic) bond motifs is 2. The van der Waals surface area contributed by atoms with E-state index in [1.807, 2.05) is 36.4 Å². The van der Waals surface area contributed by atoms with Gasteiger partial charge in [-0.3, -0.25) is 0 Å². The molecule has 0 radical (unpaired) electrons. The van der Waals surface area contributed by atoms with E-state index in [0.717, 1.165) is 33.4 Å². The van der Waals surface area contributed by atoms with Gasteiger partial charge in [-0.25, -0.2) is 0 Å². The molecule has 0 fully saturated rings. The van der Waals surface area contributed by atoms with Crippen molar-refractivity contribution in [3.63, 3.8) is 0 Å². The Labute approximate surface area is 152 Å². The predicted molar refractivity (Wildman–Crippen MR) is 97.7 cm³/mol. The zero-order chi connectivity index (χ0) is 18.3. The Bertz CT molecular complexity index is 821. The average Bonchev–Trinajstić information content (AvgIpc) is 2.62. The fraction of sp³-hybridized carbons (Fsp3) is 0.364. The van der Waals surface area contributed by atoms with Gasteiger partial charge in [0.2, 0.25) is 0 Å². The Morgan fingerprint density at radius 3 is 1.38 bits per heavy atom. The molecule has 0 heterocycles. The van der Waals surface area contributed by atoms with Crippen LogP contribution in [0.25, 0.3) is 0 Å². The second kappa shape index (κ2) is 6.86. The highest BCUT2D eigenvalue weighted by Crippen LogP contribution is 2.26. The lowest BCUT2D eigenvalue weighted by molar-refractivity contribution is 0.0141. The van der Waals surface area contributed by atoms with Gasteiger partial charge in [0.15, 0.2) is 0 Å². The molecule has 0 aliphatic heterocycles. The van der Waals surface area contributed by atoms with Crippen LogP contribution in [0.5, 0.6) is 0 Å². The Balaban J connectivity index is 1.70.